The Bertz CT molecular complexity index is 867. The SMILES string of the molecule is COc1ccc(C(NC(=O)CCCN2C(=O)CN(C)C2=O)c2ccccc2)cc1. The molecule has 0 bridgehead atoms. The molecular weight excluding hydrogens is 370 g/mol. The van der Waals surface area contributed by atoms with E-state index in [0.717, 1.165) is 16.9 Å². The highest BCUT2D eigenvalue weighted by atomic mass is 16.5. The van der Waals surface area contributed by atoms with Crippen LogP contribution in [0.5, 0.6) is 5.75 Å². The molecule has 1 heterocycles. The van der Waals surface area contributed by atoms with Gasteiger partial charge in [0, 0.05) is 20.0 Å². The monoisotopic (exact) mass is 395 g/mol. The predicted molar refractivity (Wildman–Crippen MR) is 108 cm³/mol. The standard InChI is InChI=1S/C22H25N3O4/c1-24-15-20(27)25(22(24)28)14-6-9-19(26)23-21(16-7-4-3-5-8-16)17-10-12-18(29-2)13-11-17/h3-5,7-8,10-13,21H,6,9,14-15H2,1-2H3,(H,23,26). The van der Waals surface area contributed by atoms with Crippen molar-refractivity contribution in [2.45, 2.75) is 18.9 Å². The van der Waals surface area contributed by atoms with E-state index in [2.05, 4.69) is 5.32 Å². The molecule has 152 valence electrons. The van der Waals surface area contributed by atoms with E-state index < -0.39 is 0 Å². The maximum absolute atomic E-state index is 12.6. The molecule has 4 amide bonds. The number of amides is 4. The fraction of sp³-hybridized carbons (Fsp3) is 0.318. The number of nitrogens with zero attached hydrogens (tertiary/aromatic N) is 2. The van der Waals surface area contributed by atoms with Crippen LogP contribution in [0.4, 0.5) is 4.79 Å². The maximum atomic E-state index is 12.6. The summed E-state index contributed by atoms with van der Waals surface area (Å²) in [6.45, 7) is 0.340. The number of ether oxygens (including phenoxy) is 1. The number of carbonyl (C=O) groups excluding carboxylic acids is 3. The fourth-order valence-corrected chi connectivity index (χ4v) is 3.32. The van der Waals surface area contributed by atoms with Gasteiger partial charge in [-0.1, -0.05) is 42.5 Å². The maximum Gasteiger partial charge on any atom is 0.326 e. The minimum Gasteiger partial charge on any atom is -0.497 e. The van der Waals surface area contributed by atoms with Crippen molar-refractivity contribution in [1.29, 1.82) is 0 Å². The molecule has 0 spiro atoms. The highest BCUT2D eigenvalue weighted by Crippen LogP contribution is 2.24. The van der Waals surface area contributed by atoms with Gasteiger partial charge in [0.15, 0.2) is 0 Å². The van der Waals surface area contributed by atoms with Gasteiger partial charge in [0.25, 0.3) is 0 Å². The first-order valence-corrected chi connectivity index (χ1v) is 9.53. The van der Waals surface area contributed by atoms with Crippen LogP contribution >= 0.6 is 0 Å². The highest BCUT2D eigenvalue weighted by Gasteiger charge is 2.32. The smallest absolute Gasteiger partial charge is 0.326 e. The Morgan fingerprint density at radius 3 is 2.31 bits per heavy atom. The molecule has 2 aromatic rings. The average molecular weight is 395 g/mol. The number of carbonyl (C=O) groups is 3. The first-order valence-electron chi connectivity index (χ1n) is 9.53. The Morgan fingerprint density at radius 1 is 1.07 bits per heavy atom. The first-order chi connectivity index (χ1) is 14.0. The van der Waals surface area contributed by atoms with E-state index in [1.54, 1.807) is 14.2 Å². The summed E-state index contributed by atoms with van der Waals surface area (Å²) in [5.74, 6) is 0.386. The Morgan fingerprint density at radius 2 is 1.72 bits per heavy atom. The summed E-state index contributed by atoms with van der Waals surface area (Å²) in [6, 6.07) is 16.7. The lowest BCUT2D eigenvalue weighted by Crippen LogP contribution is -2.34. The molecule has 1 saturated heterocycles. The molecule has 0 aromatic heterocycles. The number of imide groups is 1. The van der Waals surface area contributed by atoms with Crippen molar-refractivity contribution in [3.63, 3.8) is 0 Å². The molecule has 7 heteroatoms. The van der Waals surface area contributed by atoms with Gasteiger partial charge >= 0.3 is 6.03 Å². The quantitative estimate of drug-likeness (QED) is 0.697. The van der Waals surface area contributed by atoms with Crippen molar-refractivity contribution in [2.24, 2.45) is 0 Å². The highest BCUT2D eigenvalue weighted by molar-refractivity contribution is 6.01. The van der Waals surface area contributed by atoms with Gasteiger partial charge in [-0.05, 0) is 29.7 Å². The number of rotatable bonds is 8. The molecule has 3 rings (SSSR count). The Balaban J connectivity index is 1.63. The lowest BCUT2D eigenvalue weighted by Gasteiger charge is -2.20. The molecule has 0 radical (unpaired) electrons. The van der Waals surface area contributed by atoms with Crippen LogP contribution in [0, 0.1) is 0 Å². The number of hydrogen-bond donors (Lipinski definition) is 1. The molecule has 1 unspecified atom stereocenters. The fourth-order valence-electron chi connectivity index (χ4n) is 3.32. The predicted octanol–water partition coefficient (Wildman–Crippen LogP) is 2.58. The molecule has 0 aliphatic carbocycles. The zero-order valence-electron chi connectivity index (χ0n) is 16.6. The molecule has 1 atom stereocenters. The molecular formula is C22H25N3O4. The van der Waals surface area contributed by atoms with E-state index in [0.29, 0.717) is 6.42 Å². The molecule has 7 nitrogen and oxygen atoms in total. The molecule has 0 saturated carbocycles. The second kappa shape index (κ2) is 9.23. The average Bonchev–Trinajstić information content (AvgIpc) is 2.98. The Labute approximate surface area is 170 Å². The summed E-state index contributed by atoms with van der Waals surface area (Å²) >= 11 is 0. The third kappa shape index (κ3) is 4.93. The van der Waals surface area contributed by atoms with Crippen LogP contribution in [0.2, 0.25) is 0 Å². The van der Waals surface area contributed by atoms with Crippen LogP contribution in [-0.4, -0.2) is 54.9 Å². The van der Waals surface area contributed by atoms with E-state index in [1.165, 1.54) is 9.80 Å². The number of hydrogen-bond acceptors (Lipinski definition) is 4. The number of urea groups is 1. The van der Waals surface area contributed by atoms with Crippen LogP contribution in [0.25, 0.3) is 0 Å². The topological polar surface area (TPSA) is 79.0 Å². The van der Waals surface area contributed by atoms with Gasteiger partial charge in [0.05, 0.1) is 13.2 Å². The van der Waals surface area contributed by atoms with Crippen LogP contribution in [0.15, 0.2) is 54.6 Å². The lowest BCUT2D eigenvalue weighted by atomic mass is 9.98. The second-order valence-corrected chi connectivity index (χ2v) is 6.97. The van der Waals surface area contributed by atoms with Crippen molar-refractivity contribution in [3.8, 4) is 5.75 Å². The van der Waals surface area contributed by atoms with E-state index in [1.807, 2.05) is 54.6 Å². The summed E-state index contributed by atoms with van der Waals surface area (Å²) in [4.78, 5) is 38.9. The van der Waals surface area contributed by atoms with Crippen molar-refractivity contribution in [3.05, 3.63) is 65.7 Å². The second-order valence-electron chi connectivity index (χ2n) is 6.97. The van der Waals surface area contributed by atoms with Crippen molar-refractivity contribution in [1.82, 2.24) is 15.1 Å². The van der Waals surface area contributed by atoms with Crippen LogP contribution in [-0.2, 0) is 9.59 Å². The molecule has 1 N–H and O–H groups in total. The normalized spacial score (nSPS) is 14.8. The zero-order valence-corrected chi connectivity index (χ0v) is 16.6. The minimum absolute atomic E-state index is 0.0958. The van der Waals surface area contributed by atoms with Gasteiger partial charge in [-0.2, -0.15) is 0 Å². The van der Waals surface area contributed by atoms with Gasteiger partial charge in [0.2, 0.25) is 11.8 Å². The van der Waals surface area contributed by atoms with Gasteiger partial charge in [0.1, 0.15) is 12.3 Å². The van der Waals surface area contributed by atoms with Crippen molar-refractivity contribution >= 4 is 17.8 Å². The summed E-state index contributed by atoms with van der Waals surface area (Å²) in [5.41, 5.74) is 1.91. The van der Waals surface area contributed by atoms with E-state index in [9.17, 15) is 14.4 Å². The van der Waals surface area contributed by atoms with Gasteiger partial charge in [-0.15, -0.1) is 0 Å². The third-order valence-electron chi connectivity index (χ3n) is 4.90. The number of benzene rings is 2. The number of methoxy groups -OCH3 is 1. The van der Waals surface area contributed by atoms with Gasteiger partial charge < -0.3 is 15.0 Å². The zero-order chi connectivity index (χ0) is 20.8. The van der Waals surface area contributed by atoms with E-state index >= 15 is 0 Å². The molecule has 29 heavy (non-hydrogen) atoms. The summed E-state index contributed by atoms with van der Waals surface area (Å²) in [6.07, 6.45) is 0.640. The summed E-state index contributed by atoms with van der Waals surface area (Å²) in [7, 11) is 3.20. The van der Waals surface area contributed by atoms with E-state index in [4.69, 9.17) is 4.74 Å². The Kier molecular flexibility index (Phi) is 6.49. The molecule has 1 aliphatic rings. The van der Waals surface area contributed by atoms with E-state index in [-0.39, 0.29) is 43.4 Å². The third-order valence-corrected chi connectivity index (χ3v) is 4.90. The lowest BCUT2D eigenvalue weighted by molar-refractivity contribution is -0.126. The largest absolute Gasteiger partial charge is 0.497 e. The summed E-state index contributed by atoms with van der Waals surface area (Å²) in [5, 5.41) is 3.07. The van der Waals surface area contributed by atoms with Gasteiger partial charge in [-0.25, -0.2) is 4.79 Å². The van der Waals surface area contributed by atoms with Crippen LogP contribution < -0.4 is 10.1 Å². The molecule has 1 fully saturated rings. The first kappa shape index (κ1) is 20.4. The van der Waals surface area contributed by atoms with Crippen molar-refractivity contribution < 1.29 is 19.1 Å². The molecule has 1 aliphatic heterocycles. The van der Waals surface area contributed by atoms with Crippen LogP contribution in [0.3, 0.4) is 0 Å². The van der Waals surface area contributed by atoms with Crippen molar-refractivity contribution in [2.75, 3.05) is 27.2 Å². The molecule has 2 aromatic carbocycles. The van der Waals surface area contributed by atoms with Gasteiger partial charge in [-0.3, -0.25) is 14.5 Å². The number of likely N-dealkylation sites (N-methyl/N-ethyl adjacent to an activating group) is 1. The summed E-state index contributed by atoms with van der Waals surface area (Å²) < 4.78 is 5.21. The minimum atomic E-state index is -0.309. The number of nitrogens with one attached hydrogen (secondary N) is 1. The Hall–Kier alpha value is -3.35. The van der Waals surface area contributed by atoms with Crippen LogP contribution in [0.1, 0.15) is 30.0 Å².